The number of benzene rings is 1. The summed E-state index contributed by atoms with van der Waals surface area (Å²) in [7, 11) is -4.53. The van der Waals surface area contributed by atoms with E-state index >= 15 is 0 Å². The first-order valence-electron chi connectivity index (χ1n) is 4.85. The molecule has 1 aromatic carbocycles. The lowest BCUT2D eigenvalue weighted by Crippen LogP contribution is -2.10. The smallest absolute Gasteiger partial charge is 0.338 e. The summed E-state index contributed by atoms with van der Waals surface area (Å²) in [5.41, 5.74) is -0.280. The van der Waals surface area contributed by atoms with Crippen LogP contribution in [0, 0.1) is 0 Å². The van der Waals surface area contributed by atoms with Crippen LogP contribution >= 0.6 is 0 Å². The molecule has 0 amide bonds. The summed E-state index contributed by atoms with van der Waals surface area (Å²) < 4.78 is 40.4. The van der Waals surface area contributed by atoms with Crippen molar-refractivity contribution in [3.63, 3.8) is 0 Å². The van der Waals surface area contributed by atoms with E-state index < -0.39 is 27.0 Å². The van der Waals surface area contributed by atoms with Gasteiger partial charge in [-0.2, -0.15) is 8.42 Å². The van der Waals surface area contributed by atoms with E-state index in [0.29, 0.717) is 0 Å². The highest BCUT2D eigenvalue weighted by atomic mass is 32.2. The minimum Gasteiger partial charge on any atom is -0.458 e. The van der Waals surface area contributed by atoms with Crippen molar-refractivity contribution in [2.24, 2.45) is 0 Å². The molecule has 96 valence electrons. The highest BCUT2D eigenvalue weighted by Gasteiger charge is 2.21. The molecule has 0 aromatic heterocycles. The predicted molar refractivity (Wildman–Crippen MR) is 56.8 cm³/mol. The predicted octanol–water partition coefficient (Wildman–Crippen LogP) is 0.261. The Morgan fingerprint density at radius 1 is 0.944 bits per heavy atom. The van der Waals surface area contributed by atoms with Crippen LogP contribution in [-0.4, -0.2) is 38.1 Å². The topological polar surface area (TPSA) is 107 Å². The fourth-order valence-electron chi connectivity index (χ4n) is 1.42. The summed E-state index contributed by atoms with van der Waals surface area (Å²) in [5, 5.41) is 0. The van der Waals surface area contributed by atoms with Gasteiger partial charge >= 0.3 is 11.9 Å². The van der Waals surface area contributed by atoms with Gasteiger partial charge < -0.3 is 9.47 Å². The second-order valence-corrected chi connectivity index (χ2v) is 4.91. The van der Waals surface area contributed by atoms with Crippen LogP contribution in [0.5, 0.6) is 0 Å². The summed E-state index contributed by atoms with van der Waals surface area (Å²) in [6.45, 7) is -0.242. The van der Waals surface area contributed by atoms with E-state index in [4.69, 9.17) is 14.0 Å². The van der Waals surface area contributed by atoms with Crippen molar-refractivity contribution < 1.29 is 32.0 Å². The summed E-state index contributed by atoms with van der Waals surface area (Å²) >= 11 is 0. The van der Waals surface area contributed by atoms with Crippen LogP contribution in [0.25, 0.3) is 0 Å². The third-order valence-corrected chi connectivity index (χ3v) is 3.06. The van der Waals surface area contributed by atoms with Crippen molar-refractivity contribution >= 4 is 22.1 Å². The molecule has 1 aliphatic heterocycles. The Morgan fingerprint density at radius 2 is 1.39 bits per heavy atom. The standard InChI is InChI=1S/C10H8O7S/c11-9-6-3-7(10(12)17-2-1-16-9)5-8(4-6)18(13,14)15/h3-5H,1-2H2,(H,13,14,15). The molecule has 0 radical (unpaired) electrons. The Morgan fingerprint density at radius 3 is 1.78 bits per heavy atom. The second kappa shape index (κ2) is 4.39. The van der Waals surface area contributed by atoms with Crippen LogP contribution in [0.15, 0.2) is 23.1 Å². The molecule has 0 saturated carbocycles. The number of ether oxygens (including phenoxy) is 2. The zero-order valence-electron chi connectivity index (χ0n) is 8.95. The lowest BCUT2D eigenvalue weighted by atomic mass is 10.1. The fraction of sp³-hybridized carbons (Fsp3) is 0.200. The summed E-state index contributed by atoms with van der Waals surface area (Å²) in [6, 6.07) is 3.00. The number of hydrogen-bond acceptors (Lipinski definition) is 6. The largest absolute Gasteiger partial charge is 0.458 e. The van der Waals surface area contributed by atoms with Gasteiger partial charge in [-0.25, -0.2) is 9.59 Å². The highest BCUT2D eigenvalue weighted by Crippen LogP contribution is 2.18. The van der Waals surface area contributed by atoms with Crippen molar-refractivity contribution in [1.29, 1.82) is 0 Å². The average molecular weight is 272 g/mol. The monoisotopic (exact) mass is 272 g/mol. The summed E-state index contributed by atoms with van der Waals surface area (Å²) in [4.78, 5) is 22.4. The van der Waals surface area contributed by atoms with Gasteiger partial charge in [0.2, 0.25) is 0 Å². The first-order chi connectivity index (χ1) is 8.38. The van der Waals surface area contributed by atoms with E-state index in [2.05, 4.69) is 0 Å². The van der Waals surface area contributed by atoms with Crippen LogP contribution in [0.4, 0.5) is 0 Å². The number of cyclic esters (lactones) is 2. The fourth-order valence-corrected chi connectivity index (χ4v) is 1.97. The Kier molecular flexibility index (Phi) is 3.05. The first-order valence-corrected chi connectivity index (χ1v) is 6.29. The molecular formula is C10H8O7S. The molecule has 2 bridgehead atoms. The van der Waals surface area contributed by atoms with E-state index in [1.54, 1.807) is 0 Å². The van der Waals surface area contributed by atoms with Gasteiger partial charge in [0.05, 0.1) is 16.0 Å². The van der Waals surface area contributed by atoms with Crippen molar-refractivity contribution in [2.75, 3.05) is 13.2 Å². The zero-order chi connectivity index (χ0) is 13.3. The quantitative estimate of drug-likeness (QED) is 0.577. The van der Waals surface area contributed by atoms with Gasteiger partial charge in [0.1, 0.15) is 13.2 Å². The molecule has 0 aliphatic carbocycles. The molecule has 1 aromatic rings. The number of hydrogen-bond donors (Lipinski definition) is 1. The molecule has 8 heteroatoms. The Labute approximate surface area is 102 Å². The normalized spacial score (nSPS) is 16.1. The molecule has 1 heterocycles. The van der Waals surface area contributed by atoms with Gasteiger partial charge in [0.15, 0.2) is 0 Å². The lowest BCUT2D eigenvalue weighted by Gasteiger charge is -2.04. The van der Waals surface area contributed by atoms with Crippen molar-refractivity contribution in [3.8, 4) is 0 Å². The van der Waals surface area contributed by atoms with Gasteiger partial charge in [-0.05, 0) is 18.2 Å². The minimum absolute atomic E-state index is 0.121. The molecule has 0 fully saturated rings. The molecular weight excluding hydrogens is 264 g/mol. The van der Waals surface area contributed by atoms with Crippen LogP contribution in [0.1, 0.15) is 20.7 Å². The number of rotatable bonds is 1. The molecule has 1 N–H and O–H groups in total. The molecule has 0 atom stereocenters. The van der Waals surface area contributed by atoms with Crippen molar-refractivity contribution in [2.45, 2.75) is 4.90 Å². The lowest BCUT2D eigenvalue weighted by molar-refractivity contribution is 0.0277. The first kappa shape index (κ1) is 12.5. The van der Waals surface area contributed by atoms with E-state index in [-0.39, 0.29) is 24.3 Å². The van der Waals surface area contributed by atoms with Crippen molar-refractivity contribution in [1.82, 2.24) is 0 Å². The van der Waals surface area contributed by atoms with E-state index in [0.717, 1.165) is 18.2 Å². The Balaban J connectivity index is 2.64. The highest BCUT2D eigenvalue weighted by molar-refractivity contribution is 7.85. The van der Waals surface area contributed by atoms with Crippen LogP contribution in [0.2, 0.25) is 0 Å². The molecule has 0 saturated heterocycles. The number of carbonyl (C=O) groups excluding carboxylic acids is 2. The van der Waals surface area contributed by atoms with Crippen LogP contribution < -0.4 is 0 Å². The maximum absolute atomic E-state index is 11.5. The number of carbonyl (C=O) groups is 2. The third kappa shape index (κ3) is 2.49. The van der Waals surface area contributed by atoms with Gasteiger partial charge in [0, 0.05) is 0 Å². The second-order valence-electron chi connectivity index (χ2n) is 3.49. The van der Waals surface area contributed by atoms with Crippen LogP contribution in [-0.2, 0) is 19.6 Å². The molecule has 18 heavy (non-hydrogen) atoms. The third-order valence-electron chi connectivity index (χ3n) is 2.23. The van der Waals surface area contributed by atoms with Gasteiger partial charge in [-0.3, -0.25) is 4.55 Å². The maximum Gasteiger partial charge on any atom is 0.338 e. The summed E-state index contributed by atoms with van der Waals surface area (Å²) in [5.74, 6) is -1.58. The van der Waals surface area contributed by atoms with Crippen molar-refractivity contribution in [3.05, 3.63) is 29.3 Å². The van der Waals surface area contributed by atoms with E-state index in [1.165, 1.54) is 0 Å². The molecule has 2 rings (SSSR count). The maximum atomic E-state index is 11.5. The Bertz CT molecular complexity index is 581. The molecule has 0 spiro atoms. The van der Waals surface area contributed by atoms with Crippen LogP contribution in [0.3, 0.4) is 0 Å². The SMILES string of the molecule is O=C1OCCOC(=O)c2cc1cc(S(=O)(=O)O)c2. The molecule has 0 unspecified atom stereocenters. The Hall–Kier alpha value is -1.93. The number of fused-ring (bicyclic) bond motifs is 2. The van der Waals surface area contributed by atoms with Gasteiger partial charge in [0.25, 0.3) is 10.1 Å². The zero-order valence-corrected chi connectivity index (χ0v) is 9.77. The van der Waals surface area contributed by atoms with Gasteiger partial charge in [-0.1, -0.05) is 0 Å². The average Bonchev–Trinajstić information content (AvgIpc) is 2.35. The number of esters is 2. The van der Waals surface area contributed by atoms with E-state index in [9.17, 15) is 18.0 Å². The molecule has 7 nitrogen and oxygen atoms in total. The minimum atomic E-state index is -4.53. The molecule has 1 aliphatic rings. The van der Waals surface area contributed by atoms with Gasteiger partial charge in [-0.15, -0.1) is 0 Å². The van der Waals surface area contributed by atoms with E-state index in [1.807, 2.05) is 0 Å². The summed E-state index contributed by atoms with van der Waals surface area (Å²) in [6.07, 6.45) is 0.